The van der Waals surface area contributed by atoms with Gasteiger partial charge in [0.05, 0.1) is 12.1 Å². The molecule has 0 radical (unpaired) electrons. The van der Waals surface area contributed by atoms with Crippen molar-refractivity contribution in [1.82, 2.24) is 10.2 Å². The lowest BCUT2D eigenvalue weighted by atomic mass is 9.94. The van der Waals surface area contributed by atoms with Crippen molar-refractivity contribution >= 4 is 17.5 Å². The van der Waals surface area contributed by atoms with E-state index in [1.54, 1.807) is 0 Å². The van der Waals surface area contributed by atoms with Gasteiger partial charge in [0, 0.05) is 11.6 Å². The minimum Gasteiger partial charge on any atom is -0.348 e. The van der Waals surface area contributed by atoms with E-state index in [0.717, 1.165) is 37.2 Å². The van der Waals surface area contributed by atoms with Gasteiger partial charge in [-0.15, -0.1) is 0 Å². The van der Waals surface area contributed by atoms with Crippen LogP contribution in [0, 0.1) is 5.92 Å². The third-order valence-corrected chi connectivity index (χ3v) is 5.53. The fraction of sp³-hybridized carbons (Fsp3) is 0.391. The van der Waals surface area contributed by atoms with Crippen LogP contribution < -0.4 is 10.6 Å². The van der Waals surface area contributed by atoms with Crippen LogP contribution in [0.3, 0.4) is 0 Å². The van der Waals surface area contributed by atoms with Gasteiger partial charge in [0.15, 0.2) is 0 Å². The van der Waals surface area contributed by atoms with Crippen LogP contribution >= 0.6 is 0 Å². The number of piperidine rings is 1. The van der Waals surface area contributed by atoms with Crippen molar-refractivity contribution in [3.63, 3.8) is 0 Å². The number of para-hydroxylation sites is 1. The van der Waals surface area contributed by atoms with Crippen LogP contribution in [0.25, 0.3) is 0 Å². The van der Waals surface area contributed by atoms with Crippen LogP contribution in [0.5, 0.6) is 0 Å². The Balaban J connectivity index is 1.47. The first-order chi connectivity index (χ1) is 13.5. The summed E-state index contributed by atoms with van der Waals surface area (Å²) in [6.07, 6.45) is 1.54. The van der Waals surface area contributed by atoms with E-state index in [9.17, 15) is 9.59 Å². The Morgan fingerprint density at radius 3 is 2.11 bits per heavy atom. The number of nitrogens with one attached hydrogen (secondary N) is 2. The van der Waals surface area contributed by atoms with E-state index < -0.39 is 0 Å². The molecule has 3 rings (SSSR count). The molecule has 2 amide bonds. The summed E-state index contributed by atoms with van der Waals surface area (Å²) in [6.45, 7) is 5.44. The molecule has 0 bridgehead atoms. The highest BCUT2D eigenvalue weighted by Crippen LogP contribution is 2.21. The second-order valence-corrected chi connectivity index (χ2v) is 7.48. The Labute approximate surface area is 167 Å². The molecule has 0 spiro atoms. The summed E-state index contributed by atoms with van der Waals surface area (Å²) in [5.41, 5.74) is 1.93. The molecule has 148 valence electrons. The highest BCUT2D eigenvalue weighted by Gasteiger charge is 2.30. The predicted octanol–water partition coefficient (Wildman–Crippen LogP) is 3.60. The highest BCUT2D eigenvalue weighted by atomic mass is 16.2. The summed E-state index contributed by atoms with van der Waals surface area (Å²) in [4.78, 5) is 27.3. The molecule has 5 heteroatoms. The van der Waals surface area contributed by atoms with Crippen LogP contribution in [-0.4, -0.2) is 35.8 Å². The monoisotopic (exact) mass is 379 g/mol. The van der Waals surface area contributed by atoms with Crippen LogP contribution in [0.2, 0.25) is 0 Å². The minimum absolute atomic E-state index is 0.00467. The molecule has 28 heavy (non-hydrogen) atoms. The number of anilines is 1. The van der Waals surface area contributed by atoms with Crippen molar-refractivity contribution in [3.05, 3.63) is 66.2 Å². The normalized spacial score (nSPS) is 17.5. The third-order valence-electron chi connectivity index (χ3n) is 5.53. The van der Waals surface area contributed by atoms with Crippen LogP contribution in [0.15, 0.2) is 60.7 Å². The Hall–Kier alpha value is -2.66. The number of benzene rings is 2. The molecule has 2 N–H and O–H groups in total. The number of hydrogen-bond acceptors (Lipinski definition) is 3. The molecular formula is C23H29N3O2. The molecule has 2 aromatic carbocycles. The van der Waals surface area contributed by atoms with Gasteiger partial charge in [-0.3, -0.25) is 14.5 Å². The lowest BCUT2D eigenvalue weighted by molar-refractivity contribution is -0.127. The number of hydrogen-bond donors (Lipinski definition) is 2. The van der Waals surface area contributed by atoms with Gasteiger partial charge >= 0.3 is 0 Å². The Bertz CT molecular complexity index is 771. The molecule has 0 aliphatic carbocycles. The van der Waals surface area contributed by atoms with E-state index in [2.05, 4.69) is 15.5 Å². The number of carbonyl (C=O) groups excluding carboxylic acids is 2. The summed E-state index contributed by atoms with van der Waals surface area (Å²) in [6, 6.07) is 19.3. The van der Waals surface area contributed by atoms with Crippen LogP contribution in [0.4, 0.5) is 5.69 Å². The van der Waals surface area contributed by atoms with Crippen molar-refractivity contribution in [2.45, 2.75) is 38.8 Å². The quantitative estimate of drug-likeness (QED) is 0.806. The molecule has 0 saturated carbocycles. The Morgan fingerprint density at radius 2 is 1.50 bits per heavy atom. The first kappa shape index (κ1) is 20.1. The van der Waals surface area contributed by atoms with Crippen molar-refractivity contribution in [2.75, 3.05) is 18.4 Å². The number of nitrogens with zero attached hydrogens (tertiary/aromatic N) is 1. The first-order valence-corrected chi connectivity index (χ1v) is 10.00. The zero-order valence-corrected chi connectivity index (χ0v) is 16.6. The molecule has 2 atom stereocenters. The van der Waals surface area contributed by atoms with E-state index in [1.165, 1.54) is 0 Å². The lowest BCUT2D eigenvalue weighted by Gasteiger charge is -2.35. The average Bonchev–Trinajstić information content (AvgIpc) is 2.74. The number of carbonyl (C=O) groups is 2. The minimum atomic E-state index is -0.204. The molecule has 1 heterocycles. The van der Waals surface area contributed by atoms with Gasteiger partial charge in [0.25, 0.3) is 0 Å². The third kappa shape index (κ3) is 5.20. The summed E-state index contributed by atoms with van der Waals surface area (Å²) >= 11 is 0. The predicted molar refractivity (Wildman–Crippen MR) is 112 cm³/mol. The topological polar surface area (TPSA) is 61.4 Å². The summed E-state index contributed by atoms with van der Waals surface area (Å²) in [5, 5.41) is 6.09. The highest BCUT2D eigenvalue weighted by molar-refractivity contribution is 5.92. The van der Waals surface area contributed by atoms with E-state index >= 15 is 0 Å². The molecule has 1 aliphatic rings. The van der Waals surface area contributed by atoms with Crippen molar-refractivity contribution in [3.8, 4) is 0 Å². The molecule has 1 fully saturated rings. The van der Waals surface area contributed by atoms with E-state index in [0.29, 0.717) is 0 Å². The molecule has 5 nitrogen and oxygen atoms in total. The van der Waals surface area contributed by atoms with Crippen molar-refractivity contribution in [2.24, 2.45) is 5.92 Å². The van der Waals surface area contributed by atoms with Gasteiger partial charge in [-0.05, 0) is 57.5 Å². The lowest BCUT2D eigenvalue weighted by Crippen LogP contribution is -2.49. The summed E-state index contributed by atoms with van der Waals surface area (Å²) in [7, 11) is 0. The maximum atomic E-state index is 12.7. The molecule has 1 saturated heterocycles. The Kier molecular flexibility index (Phi) is 6.82. The molecular weight excluding hydrogens is 350 g/mol. The first-order valence-electron chi connectivity index (χ1n) is 10.00. The maximum Gasteiger partial charge on any atom is 0.237 e. The molecule has 1 aliphatic heterocycles. The van der Waals surface area contributed by atoms with Gasteiger partial charge in [0.1, 0.15) is 0 Å². The Morgan fingerprint density at radius 1 is 0.929 bits per heavy atom. The van der Waals surface area contributed by atoms with E-state index in [4.69, 9.17) is 0 Å². The number of amides is 2. The number of likely N-dealkylation sites (tertiary alicyclic amines) is 1. The van der Waals surface area contributed by atoms with Crippen molar-refractivity contribution < 1.29 is 9.59 Å². The second-order valence-electron chi connectivity index (χ2n) is 7.48. The fourth-order valence-electron chi connectivity index (χ4n) is 3.64. The van der Waals surface area contributed by atoms with Crippen LogP contribution in [-0.2, 0) is 9.59 Å². The van der Waals surface area contributed by atoms with Gasteiger partial charge in [0.2, 0.25) is 11.8 Å². The van der Waals surface area contributed by atoms with Gasteiger partial charge in [-0.2, -0.15) is 0 Å². The van der Waals surface area contributed by atoms with E-state index in [1.807, 2.05) is 74.5 Å². The SMILES string of the molecule is C[C@H](NC(=O)[C@H](C)N1CCC(C(=O)Nc2ccccc2)CC1)c1ccccc1. The van der Waals surface area contributed by atoms with E-state index in [-0.39, 0.29) is 29.8 Å². The molecule has 0 unspecified atom stereocenters. The standard InChI is InChI=1S/C23H29N3O2/c1-17(19-9-5-3-6-10-19)24-22(27)18(2)26-15-13-20(14-16-26)23(28)25-21-11-7-4-8-12-21/h3-12,17-18,20H,13-16H2,1-2H3,(H,24,27)(H,25,28)/t17-,18-/m0/s1. The second kappa shape index (κ2) is 9.51. The van der Waals surface area contributed by atoms with Gasteiger partial charge in [-0.1, -0.05) is 48.5 Å². The summed E-state index contributed by atoms with van der Waals surface area (Å²) < 4.78 is 0. The zero-order chi connectivity index (χ0) is 19.9. The van der Waals surface area contributed by atoms with Gasteiger partial charge < -0.3 is 10.6 Å². The van der Waals surface area contributed by atoms with Crippen molar-refractivity contribution in [1.29, 1.82) is 0 Å². The number of rotatable bonds is 6. The fourth-order valence-corrected chi connectivity index (χ4v) is 3.64. The van der Waals surface area contributed by atoms with Crippen LogP contribution in [0.1, 0.15) is 38.3 Å². The van der Waals surface area contributed by atoms with Gasteiger partial charge in [-0.25, -0.2) is 0 Å². The largest absolute Gasteiger partial charge is 0.348 e. The zero-order valence-electron chi connectivity index (χ0n) is 16.6. The maximum absolute atomic E-state index is 12.7. The molecule has 0 aromatic heterocycles. The summed E-state index contributed by atoms with van der Waals surface area (Å²) in [5.74, 6) is 0.0964. The average molecular weight is 380 g/mol. The smallest absolute Gasteiger partial charge is 0.237 e. The molecule has 2 aromatic rings.